The van der Waals surface area contributed by atoms with Crippen molar-refractivity contribution >= 4 is 28.1 Å². The fraction of sp³-hybridized carbons (Fsp3) is 0.154. The van der Waals surface area contributed by atoms with Crippen molar-refractivity contribution in [2.45, 2.75) is 13.8 Å². The molecule has 0 saturated heterocycles. The van der Waals surface area contributed by atoms with Gasteiger partial charge in [-0.15, -0.1) is 0 Å². The van der Waals surface area contributed by atoms with Crippen molar-refractivity contribution in [3.63, 3.8) is 0 Å². The van der Waals surface area contributed by atoms with Crippen LogP contribution < -0.4 is 11.1 Å². The van der Waals surface area contributed by atoms with Crippen LogP contribution in [0.2, 0.25) is 0 Å². The summed E-state index contributed by atoms with van der Waals surface area (Å²) in [5, 5.41) is 4.80. The zero-order valence-corrected chi connectivity index (χ0v) is 9.37. The van der Waals surface area contributed by atoms with Gasteiger partial charge in [-0.1, -0.05) is 24.3 Å². The first-order chi connectivity index (χ1) is 7.59. The molecule has 0 spiro atoms. The lowest BCUT2D eigenvalue weighted by Crippen LogP contribution is -2.08. The van der Waals surface area contributed by atoms with Gasteiger partial charge in [0.25, 0.3) is 0 Å². The molecule has 0 saturated carbocycles. The first-order valence-corrected chi connectivity index (χ1v) is 5.15. The molecule has 82 valence electrons. The molecule has 2 aromatic rings. The third kappa shape index (κ3) is 1.72. The van der Waals surface area contributed by atoms with Crippen molar-refractivity contribution in [2.24, 2.45) is 0 Å². The van der Waals surface area contributed by atoms with Gasteiger partial charge in [-0.25, -0.2) is 0 Å². The van der Waals surface area contributed by atoms with Gasteiger partial charge in [0.2, 0.25) is 5.91 Å². The molecule has 0 aromatic heterocycles. The van der Waals surface area contributed by atoms with E-state index in [2.05, 4.69) is 5.32 Å². The lowest BCUT2D eigenvalue weighted by atomic mass is 10.0. The van der Waals surface area contributed by atoms with Gasteiger partial charge in [0.1, 0.15) is 0 Å². The molecule has 2 aromatic carbocycles. The Morgan fingerprint density at radius 3 is 2.50 bits per heavy atom. The van der Waals surface area contributed by atoms with Gasteiger partial charge in [-0.3, -0.25) is 4.79 Å². The van der Waals surface area contributed by atoms with Crippen LogP contribution in [-0.4, -0.2) is 5.91 Å². The Morgan fingerprint density at radius 2 is 1.88 bits per heavy atom. The third-order valence-corrected chi connectivity index (χ3v) is 2.57. The predicted molar refractivity (Wildman–Crippen MR) is 67.4 cm³/mol. The maximum atomic E-state index is 11.2. The molecular formula is C13H14N2O. The van der Waals surface area contributed by atoms with Crippen LogP contribution in [0.4, 0.5) is 11.4 Å². The van der Waals surface area contributed by atoms with Crippen LogP contribution in [-0.2, 0) is 4.79 Å². The Labute approximate surface area is 94.3 Å². The van der Waals surface area contributed by atoms with E-state index >= 15 is 0 Å². The molecule has 0 unspecified atom stereocenters. The molecule has 0 aliphatic rings. The summed E-state index contributed by atoms with van der Waals surface area (Å²) in [5.74, 6) is -0.0713. The SMILES string of the molecule is CC(=O)Nc1c(C)cc(N)c2ccccc12. The van der Waals surface area contributed by atoms with Crippen LogP contribution in [0, 0.1) is 6.92 Å². The molecule has 0 aliphatic carbocycles. The molecule has 0 radical (unpaired) electrons. The molecule has 3 N–H and O–H groups in total. The van der Waals surface area contributed by atoms with Gasteiger partial charge >= 0.3 is 0 Å². The number of aryl methyl sites for hydroxylation is 1. The minimum atomic E-state index is -0.0713. The monoisotopic (exact) mass is 214 g/mol. The third-order valence-electron chi connectivity index (χ3n) is 2.57. The molecule has 3 heteroatoms. The van der Waals surface area contributed by atoms with E-state index in [9.17, 15) is 4.79 Å². The quantitative estimate of drug-likeness (QED) is 0.717. The second-order valence-corrected chi connectivity index (χ2v) is 3.88. The lowest BCUT2D eigenvalue weighted by molar-refractivity contribution is -0.114. The number of carbonyl (C=O) groups is 1. The highest BCUT2D eigenvalue weighted by Gasteiger charge is 2.08. The standard InChI is InChI=1S/C13H14N2O/c1-8-7-12(14)10-5-3-4-6-11(10)13(8)15-9(2)16/h3-7H,14H2,1-2H3,(H,15,16). The van der Waals surface area contributed by atoms with Crippen LogP contribution in [0.5, 0.6) is 0 Å². The Kier molecular flexibility index (Phi) is 2.52. The molecule has 3 nitrogen and oxygen atoms in total. The van der Waals surface area contributed by atoms with E-state index in [0.717, 1.165) is 27.7 Å². The average Bonchev–Trinajstić information content (AvgIpc) is 2.24. The summed E-state index contributed by atoms with van der Waals surface area (Å²) in [5.41, 5.74) is 8.51. The number of nitrogens with two attached hydrogens (primary N) is 1. The van der Waals surface area contributed by atoms with Gasteiger partial charge in [-0.2, -0.15) is 0 Å². The lowest BCUT2D eigenvalue weighted by Gasteiger charge is -2.12. The van der Waals surface area contributed by atoms with E-state index in [1.54, 1.807) is 0 Å². The number of benzene rings is 2. The number of amides is 1. The highest BCUT2D eigenvalue weighted by atomic mass is 16.1. The minimum Gasteiger partial charge on any atom is -0.398 e. The zero-order valence-electron chi connectivity index (χ0n) is 9.37. The maximum Gasteiger partial charge on any atom is 0.221 e. The summed E-state index contributed by atoms with van der Waals surface area (Å²) in [4.78, 5) is 11.2. The highest BCUT2D eigenvalue weighted by Crippen LogP contribution is 2.31. The summed E-state index contributed by atoms with van der Waals surface area (Å²) >= 11 is 0. The largest absolute Gasteiger partial charge is 0.398 e. The molecule has 2 rings (SSSR count). The van der Waals surface area contributed by atoms with Crippen molar-refractivity contribution < 1.29 is 4.79 Å². The Hall–Kier alpha value is -2.03. The van der Waals surface area contributed by atoms with E-state index in [4.69, 9.17) is 5.73 Å². The number of nitrogens with one attached hydrogen (secondary N) is 1. The number of carbonyl (C=O) groups excluding carboxylic acids is 1. The molecule has 16 heavy (non-hydrogen) atoms. The summed E-state index contributed by atoms with van der Waals surface area (Å²) in [7, 11) is 0. The second-order valence-electron chi connectivity index (χ2n) is 3.88. The first kappa shape index (κ1) is 10.5. The van der Waals surface area contributed by atoms with Gasteiger partial charge in [0.05, 0.1) is 5.69 Å². The summed E-state index contributed by atoms with van der Waals surface area (Å²) in [6, 6.07) is 9.67. The number of fused-ring (bicyclic) bond motifs is 1. The fourth-order valence-corrected chi connectivity index (χ4v) is 1.89. The van der Waals surface area contributed by atoms with Gasteiger partial charge < -0.3 is 11.1 Å². The molecule has 0 fully saturated rings. The number of anilines is 2. The summed E-state index contributed by atoms with van der Waals surface area (Å²) in [6.07, 6.45) is 0. The summed E-state index contributed by atoms with van der Waals surface area (Å²) in [6.45, 7) is 3.44. The van der Waals surface area contributed by atoms with E-state index in [1.807, 2.05) is 37.3 Å². The topological polar surface area (TPSA) is 55.1 Å². The molecule has 0 heterocycles. The van der Waals surface area contributed by atoms with E-state index < -0.39 is 0 Å². The molecule has 0 aliphatic heterocycles. The van der Waals surface area contributed by atoms with Crippen LogP contribution in [0.1, 0.15) is 12.5 Å². The first-order valence-electron chi connectivity index (χ1n) is 5.15. The Balaban J connectivity index is 2.76. The normalized spacial score (nSPS) is 10.4. The van der Waals surface area contributed by atoms with Crippen LogP contribution >= 0.6 is 0 Å². The molecule has 0 atom stereocenters. The molecular weight excluding hydrogens is 200 g/mol. The van der Waals surface area contributed by atoms with Crippen LogP contribution in [0.3, 0.4) is 0 Å². The second kappa shape index (κ2) is 3.85. The highest BCUT2D eigenvalue weighted by molar-refractivity contribution is 6.07. The molecule has 1 amide bonds. The number of hydrogen-bond donors (Lipinski definition) is 2. The Bertz CT molecular complexity index is 561. The van der Waals surface area contributed by atoms with E-state index in [0.29, 0.717) is 0 Å². The Morgan fingerprint density at radius 1 is 1.25 bits per heavy atom. The minimum absolute atomic E-state index is 0.0713. The summed E-state index contributed by atoms with van der Waals surface area (Å²) < 4.78 is 0. The van der Waals surface area contributed by atoms with Gasteiger partial charge in [-0.05, 0) is 18.6 Å². The average molecular weight is 214 g/mol. The van der Waals surface area contributed by atoms with Crippen molar-refractivity contribution in [3.8, 4) is 0 Å². The van der Waals surface area contributed by atoms with E-state index in [-0.39, 0.29) is 5.91 Å². The predicted octanol–water partition coefficient (Wildman–Crippen LogP) is 2.69. The molecule has 0 bridgehead atoms. The number of hydrogen-bond acceptors (Lipinski definition) is 2. The van der Waals surface area contributed by atoms with Crippen molar-refractivity contribution in [1.82, 2.24) is 0 Å². The van der Waals surface area contributed by atoms with Crippen LogP contribution in [0.15, 0.2) is 30.3 Å². The zero-order chi connectivity index (χ0) is 11.7. The van der Waals surface area contributed by atoms with E-state index in [1.165, 1.54) is 6.92 Å². The van der Waals surface area contributed by atoms with Crippen molar-refractivity contribution in [3.05, 3.63) is 35.9 Å². The smallest absolute Gasteiger partial charge is 0.221 e. The van der Waals surface area contributed by atoms with Gasteiger partial charge in [0.15, 0.2) is 0 Å². The van der Waals surface area contributed by atoms with Crippen molar-refractivity contribution in [1.29, 1.82) is 0 Å². The fourth-order valence-electron chi connectivity index (χ4n) is 1.89. The maximum absolute atomic E-state index is 11.2. The number of rotatable bonds is 1. The van der Waals surface area contributed by atoms with Crippen molar-refractivity contribution in [2.75, 3.05) is 11.1 Å². The van der Waals surface area contributed by atoms with Gasteiger partial charge in [0, 0.05) is 23.4 Å². The van der Waals surface area contributed by atoms with Crippen LogP contribution in [0.25, 0.3) is 10.8 Å². The number of nitrogen functional groups attached to an aromatic ring is 1.